The van der Waals surface area contributed by atoms with Crippen LogP contribution in [0.3, 0.4) is 0 Å². The Morgan fingerprint density at radius 1 is 1.27 bits per heavy atom. The maximum Gasteiger partial charge on any atom is 0.147 e. The number of piperidine rings is 1. The van der Waals surface area contributed by atoms with Crippen molar-refractivity contribution in [1.29, 1.82) is 0 Å². The number of hydrogen-bond donors (Lipinski definition) is 1. The van der Waals surface area contributed by atoms with Crippen LogP contribution in [-0.4, -0.2) is 39.3 Å². The first-order chi connectivity index (χ1) is 10.8. The molecule has 0 spiro atoms. The molecule has 2 aliphatic heterocycles. The molecule has 0 unspecified atom stereocenters. The average Bonchev–Trinajstić information content (AvgIpc) is 3.15. The number of aryl methyl sites for hydroxylation is 1. The van der Waals surface area contributed by atoms with Crippen molar-refractivity contribution in [2.45, 2.75) is 45.3 Å². The lowest BCUT2D eigenvalue weighted by Gasteiger charge is -2.32. The Labute approximate surface area is 135 Å². The Hall–Kier alpha value is -1.24. The average molecular weight is 317 g/mol. The minimum atomic E-state index is 0.583. The van der Waals surface area contributed by atoms with Crippen molar-refractivity contribution < 1.29 is 0 Å². The molecule has 1 N–H and O–H groups in total. The van der Waals surface area contributed by atoms with Crippen molar-refractivity contribution >= 4 is 11.3 Å². The molecule has 0 bridgehead atoms. The van der Waals surface area contributed by atoms with Gasteiger partial charge in [0.1, 0.15) is 11.6 Å². The third-order valence-corrected chi connectivity index (χ3v) is 5.95. The fourth-order valence-corrected chi connectivity index (χ4v) is 4.48. The van der Waals surface area contributed by atoms with E-state index in [9.17, 15) is 0 Å². The SMILES string of the molecule is Cc1ccsc1CN1CCC(c2nnc3n2CCNC3)CC1. The van der Waals surface area contributed by atoms with E-state index in [4.69, 9.17) is 0 Å². The predicted molar refractivity (Wildman–Crippen MR) is 88.0 cm³/mol. The van der Waals surface area contributed by atoms with E-state index in [1.54, 1.807) is 0 Å². The molecular formula is C16H23N5S. The topological polar surface area (TPSA) is 46.0 Å². The maximum absolute atomic E-state index is 4.49. The predicted octanol–water partition coefficient (Wildman–Crippen LogP) is 2.13. The maximum atomic E-state index is 4.49. The first-order valence-electron chi connectivity index (χ1n) is 8.19. The number of likely N-dealkylation sites (tertiary alicyclic amines) is 1. The van der Waals surface area contributed by atoms with Gasteiger partial charge in [-0.05, 0) is 49.9 Å². The van der Waals surface area contributed by atoms with Crippen molar-refractivity contribution in [1.82, 2.24) is 25.0 Å². The van der Waals surface area contributed by atoms with E-state index < -0.39 is 0 Å². The molecule has 4 rings (SSSR count). The molecule has 0 aliphatic carbocycles. The van der Waals surface area contributed by atoms with Crippen LogP contribution in [0.5, 0.6) is 0 Å². The Morgan fingerprint density at radius 2 is 2.14 bits per heavy atom. The van der Waals surface area contributed by atoms with Crippen molar-refractivity contribution in [2.24, 2.45) is 0 Å². The molecule has 4 heterocycles. The van der Waals surface area contributed by atoms with E-state index in [0.29, 0.717) is 5.92 Å². The van der Waals surface area contributed by atoms with E-state index in [2.05, 4.69) is 43.4 Å². The fourth-order valence-electron chi connectivity index (χ4n) is 3.54. The van der Waals surface area contributed by atoms with Crippen LogP contribution >= 0.6 is 11.3 Å². The summed E-state index contributed by atoms with van der Waals surface area (Å²) >= 11 is 1.89. The summed E-state index contributed by atoms with van der Waals surface area (Å²) in [6, 6.07) is 2.23. The minimum absolute atomic E-state index is 0.583. The van der Waals surface area contributed by atoms with E-state index >= 15 is 0 Å². The molecule has 2 aliphatic rings. The van der Waals surface area contributed by atoms with Crippen LogP contribution in [0.2, 0.25) is 0 Å². The third kappa shape index (κ3) is 2.71. The first-order valence-corrected chi connectivity index (χ1v) is 9.07. The van der Waals surface area contributed by atoms with Crippen molar-refractivity contribution in [2.75, 3.05) is 19.6 Å². The smallest absolute Gasteiger partial charge is 0.147 e. The number of aromatic nitrogens is 3. The summed E-state index contributed by atoms with van der Waals surface area (Å²) < 4.78 is 2.35. The van der Waals surface area contributed by atoms with Gasteiger partial charge in [0.05, 0.1) is 6.54 Å². The van der Waals surface area contributed by atoms with Gasteiger partial charge < -0.3 is 9.88 Å². The zero-order valence-electron chi connectivity index (χ0n) is 13.1. The van der Waals surface area contributed by atoms with E-state index in [-0.39, 0.29) is 0 Å². The summed E-state index contributed by atoms with van der Waals surface area (Å²) in [5, 5.41) is 14.4. The summed E-state index contributed by atoms with van der Waals surface area (Å²) in [4.78, 5) is 4.11. The fraction of sp³-hybridized carbons (Fsp3) is 0.625. The van der Waals surface area contributed by atoms with Gasteiger partial charge in [-0.15, -0.1) is 21.5 Å². The lowest BCUT2D eigenvalue weighted by atomic mass is 9.95. The third-order valence-electron chi connectivity index (χ3n) is 4.94. The molecule has 1 fully saturated rings. The zero-order valence-corrected chi connectivity index (χ0v) is 13.9. The number of thiophene rings is 1. The van der Waals surface area contributed by atoms with Gasteiger partial charge in [0.15, 0.2) is 0 Å². The lowest BCUT2D eigenvalue weighted by molar-refractivity contribution is 0.201. The molecule has 0 saturated carbocycles. The molecule has 0 aromatic carbocycles. The molecule has 0 atom stereocenters. The quantitative estimate of drug-likeness (QED) is 0.942. The van der Waals surface area contributed by atoms with E-state index in [1.807, 2.05) is 11.3 Å². The van der Waals surface area contributed by atoms with Gasteiger partial charge >= 0.3 is 0 Å². The van der Waals surface area contributed by atoms with Gasteiger partial charge in [-0.25, -0.2) is 0 Å². The molecule has 1 saturated heterocycles. The van der Waals surface area contributed by atoms with Crippen molar-refractivity contribution in [3.05, 3.63) is 33.5 Å². The van der Waals surface area contributed by atoms with Crippen molar-refractivity contribution in [3.8, 4) is 0 Å². The number of rotatable bonds is 3. The monoisotopic (exact) mass is 317 g/mol. The number of fused-ring (bicyclic) bond motifs is 1. The van der Waals surface area contributed by atoms with Crippen LogP contribution in [-0.2, 0) is 19.6 Å². The molecule has 5 nitrogen and oxygen atoms in total. The van der Waals surface area contributed by atoms with Gasteiger partial charge in [0.2, 0.25) is 0 Å². The Bertz CT molecular complexity index is 639. The molecule has 0 amide bonds. The highest BCUT2D eigenvalue weighted by Crippen LogP contribution is 2.29. The van der Waals surface area contributed by atoms with Gasteiger partial charge in [-0.2, -0.15) is 0 Å². The van der Waals surface area contributed by atoms with E-state index in [1.165, 1.54) is 42.2 Å². The summed E-state index contributed by atoms with van der Waals surface area (Å²) in [6.45, 7) is 8.59. The Morgan fingerprint density at radius 3 is 2.91 bits per heavy atom. The molecule has 2 aromatic rings. The highest BCUT2D eigenvalue weighted by molar-refractivity contribution is 7.10. The lowest BCUT2D eigenvalue weighted by Crippen LogP contribution is -2.34. The Kier molecular flexibility index (Phi) is 3.98. The summed E-state index contributed by atoms with van der Waals surface area (Å²) in [5.74, 6) is 2.92. The zero-order chi connectivity index (χ0) is 14.9. The number of nitrogens with zero attached hydrogens (tertiary/aromatic N) is 4. The highest BCUT2D eigenvalue weighted by atomic mass is 32.1. The van der Waals surface area contributed by atoms with Gasteiger partial charge in [0.25, 0.3) is 0 Å². The van der Waals surface area contributed by atoms with Gasteiger partial charge in [-0.1, -0.05) is 0 Å². The summed E-state index contributed by atoms with van der Waals surface area (Å²) in [7, 11) is 0. The van der Waals surface area contributed by atoms with Crippen molar-refractivity contribution in [3.63, 3.8) is 0 Å². The van der Waals surface area contributed by atoms with Crippen LogP contribution in [0.4, 0.5) is 0 Å². The molecule has 6 heteroatoms. The Balaban J connectivity index is 1.40. The molecule has 118 valence electrons. The van der Waals surface area contributed by atoms with Crippen LogP contribution in [0.1, 0.15) is 40.8 Å². The first kappa shape index (κ1) is 14.4. The van der Waals surface area contributed by atoms with Gasteiger partial charge in [-0.3, -0.25) is 4.90 Å². The van der Waals surface area contributed by atoms with E-state index in [0.717, 1.165) is 32.0 Å². The molecule has 0 radical (unpaired) electrons. The molecule has 2 aromatic heterocycles. The second kappa shape index (κ2) is 6.10. The van der Waals surface area contributed by atoms with Gasteiger partial charge in [0, 0.05) is 30.4 Å². The summed E-state index contributed by atoms with van der Waals surface area (Å²) in [6.07, 6.45) is 2.41. The summed E-state index contributed by atoms with van der Waals surface area (Å²) in [5.41, 5.74) is 1.44. The van der Waals surface area contributed by atoms with Crippen LogP contribution in [0, 0.1) is 6.92 Å². The molecular weight excluding hydrogens is 294 g/mol. The second-order valence-electron chi connectivity index (χ2n) is 6.38. The normalized spacial score (nSPS) is 20.2. The standard InChI is InChI=1S/C16H23N5S/c1-12-4-9-22-14(12)11-20-6-2-13(3-7-20)16-19-18-15-10-17-5-8-21(15)16/h4,9,13,17H,2-3,5-8,10-11H2,1H3. The van der Waals surface area contributed by atoms with Crippen LogP contribution in [0.15, 0.2) is 11.4 Å². The second-order valence-corrected chi connectivity index (χ2v) is 7.38. The largest absolute Gasteiger partial charge is 0.312 e. The number of nitrogens with one attached hydrogen (secondary N) is 1. The highest BCUT2D eigenvalue weighted by Gasteiger charge is 2.27. The number of hydrogen-bond acceptors (Lipinski definition) is 5. The minimum Gasteiger partial charge on any atom is -0.312 e. The van der Waals surface area contributed by atoms with Crippen LogP contribution in [0.25, 0.3) is 0 Å². The molecule has 22 heavy (non-hydrogen) atoms. The van der Waals surface area contributed by atoms with Crippen LogP contribution < -0.4 is 5.32 Å².